The first kappa shape index (κ1) is 23.4. The lowest BCUT2D eigenvalue weighted by atomic mass is 10.1. The largest absolute Gasteiger partial charge is 0.616 e. The van der Waals surface area contributed by atoms with Crippen LogP contribution < -0.4 is 21.5 Å². The average molecular weight is 461 g/mol. The van der Waals surface area contributed by atoms with Crippen LogP contribution in [-0.4, -0.2) is 32.7 Å². The zero-order valence-corrected chi connectivity index (χ0v) is 18.1. The van der Waals surface area contributed by atoms with E-state index in [1.165, 1.54) is 13.1 Å². The highest BCUT2D eigenvalue weighted by atomic mass is 32.2. The first-order valence-electron chi connectivity index (χ1n) is 9.46. The molecule has 3 rings (SSSR count). The average Bonchev–Trinajstić information content (AvgIpc) is 2.72. The summed E-state index contributed by atoms with van der Waals surface area (Å²) in [6, 6.07) is 8.15. The van der Waals surface area contributed by atoms with Crippen molar-refractivity contribution in [1.82, 2.24) is 15.3 Å². The van der Waals surface area contributed by atoms with Crippen LogP contribution in [0.2, 0.25) is 0 Å². The Hall–Kier alpha value is -3.28. The van der Waals surface area contributed by atoms with Crippen LogP contribution in [0.25, 0.3) is 11.1 Å². The van der Waals surface area contributed by atoms with E-state index in [0.29, 0.717) is 29.6 Å². The van der Waals surface area contributed by atoms with Crippen molar-refractivity contribution in [3.63, 3.8) is 0 Å². The number of nitrogens with one attached hydrogen (secondary N) is 4. The predicted octanol–water partition coefficient (Wildman–Crippen LogP) is 3.09. The van der Waals surface area contributed by atoms with E-state index in [9.17, 15) is 22.9 Å². The molecule has 0 bridgehead atoms. The lowest BCUT2D eigenvalue weighted by Crippen LogP contribution is -2.24. The Balaban J connectivity index is 1.65. The number of urea groups is 1. The van der Waals surface area contributed by atoms with Gasteiger partial charge < -0.3 is 14.9 Å². The molecule has 1 aromatic heterocycles. The van der Waals surface area contributed by atoms with E-state index in [0.717, 1.165) is 11.6 Å². The second-order valence-electron chi connectivity index (χ2n) is 6.97. The fourth-order valence-corrected chi connectivity index (χ4v) is 3.21. The number of benzene rings is 2. The summed E-state index contributed by atoms with van der Waals surface area (Å²) in [6.07, 6.45) is 3.01. The van der Waals surface area contributed by atoms with Crippen molar-refractivity contribution in [2.75, 3.05) is 22.8 Å². The molecule has 2 aromatic carbocycles. The molecule has 0 saturated carbocycles. The van der Waals surface area contributed by atoms with Gasteiger partial charge in [0.25, 0.3) is 5.56 Å². The van der Waals surface area contributed by atoms with Crippen LogP contribution >= 0.6 is 0 Å². The van der Waals surface area contributed by atoms with Gasteiger partial charge in [-0.25, -0.2) is 13.6 Å². The van der Waals surface area contributed by atoms with Gasteiger partial charge in [0, 0.05) is 18.8 Å². The van der Waals surface area contributed by atoms with Gasteiger partial charge in [0.05, 0.1) is 17.5 Å². The minimum atomic E-state index is -0.931. The molecular formula is C21H21F2N5O3S. The molecule has 0 fully saturated rings. The van der Waals surface area contributed by atoms with Crippen LogP contribution in [0.4, 0.5) is 25.2 Å². The molecule has 3 aromatic rings. The van der Waals surface area contributed by atoms with Crippen molar-refractivity contribution in [3.05, 3.63) is 75.7 Å². The SMILES string of the molecule is Cc1cc(NC(=O)Nc2nc(=O)c(-c3ccc(CNC[S+](C)[O-])cc3)c[nH]2)c(F)cc1F. The second-order valence-corrected chi connectivity index (χ2v) is 8.40. The first-order valence-corrected chi connectivity index (χ1v) is 11.2. The molecule has 2 amide bonds. The molecule has 32 heavy (non-hydrogen) atoms. The molecule has 0 aliphatic carbocycles. The topological polar surface area (TPSA) is 122 Å². The molecule has 168 valence electrons. The summed E-state index contributed by atoms with van der Waals surface area (Å²) >= 11 is -0.931. The Morgan fingerprint density at radius 3 is 2.53 bits per heavy atom. The van der Waals surface area contributed by atoms with E-state index in [1.807, 2.05) is 12.1 Å². The lowest BCUT2D eigenvalue weighted by molar-refractivity contribution is 0.262. The van der Waals surface area contributed by atoms with Crippen LogP contribution in [0.5, 0.6) is 0 Å². The van der Waals surface area contributed by atoms with E-state index in [-0.39, 0.29) is 17.2 Å². The number of rotatable bonds is 7. The van der Waals surface area contributed by atoms with Gasteiger partial charge >= 0.3 is 6.03 Å². The molecular weight excluding hydrogens is 440 g/mol. The van der Waals surface area contributed by atoms with Crippen molar-refractivity contribution in [3.8, 4) is 11.1 Å². The molecule has 11 heteroatoms. The maximum absolute atomic E-state index is 13.8. The number of aryl methyl sites for hydroxylation is 1. The quantitative estimate of drug-likeness (QED) is 0.403. The van der Waals surface area contributed by atoms with Crippen molar-refractivity contribution < 1.29 is 18.1 Å². The Labute approximate surface area is 185 Å². The number of carbonyl (C=O) groups excluding carboxylic acids is 1. The van der Waals surface area contributed by atoms with Crippen LogP contribution in [0.3, 0.4) is 0 Å². The summed E-state index contributed by atoms with van der Waals surface area (Å²) in [7, 11) is 0. The third kappa shape index (κ3) is 6.13. The van der Waals surface area contributed by atoms with Crippen LogP contribution in [-0.2, 0) is 17.7 Å². The van der Waals surface area contributed by atoms with Gasteiger partial charge in [-0.15, -0.1) is 0 Å². The normalized spacial score (nSPS) is 11.8. The molecule has 0 aliphatic heterocycles. The minimum absolute atomic E-state index is 0.135. The number of carbonyl (C=O) groups is 1. The third-order valence-electron chi connectivity index (χ3n) is 4.42. The summed E-state index contributed by atoms with van der Waals surface area (Å²) in [4.78, 5) is 31.0. The van der Waals surface area contributed by atoms with Gasteiger partial charge in [0.15, 0.2) is 5.88 Å². The number of halogens is 2. The van der Waals surface area contributed by atoms with Gasteiger partial charge in [0.1, 0.15) is 11.6 Å². The lowest BCUT2D eigenvalue weighted by Gasteiger charge is -2.10. The Kier molecular flexibility index (Phi) is 7.57. The van der Waals surface area contributed by atoms with Gasteiger partial charge in [0.2, 0.25) is 5.95 Å². The second kappa shape index (κ2) is 10.4. The molecule has 0 radical (unpaired) electrons. The number of amides is 2. The van der Waals surface area contributed by atoms with Crippen LogP contribution in [0, 0.1) is 18.6 Å². The Morgan fingerprint density at radius 1 is 1.16 bits per heavy atom. The summed E-state index contributed by atoms with van der Waals surface area (Å²) < 4.78 is 38.2. The highest BCUT2D eigenvalue weighted by Gasteiger charge is 2.12. The molecule has 1 heterocycles. The van der Waals surface area contributed by atoms with Crippen molar-refractivity contribution in [2.45, 2.75) is 13.5 Å². The van der Waals surface area contributed by atoms with Crippen molar-refractivity contribution >= 4 is 28.8 Å². The number of aromatic amines is 1. The third-order valence-corrected chi connectivity index (χ3v) is 5.04. The van der Waals surface area contributed by atoms with Crippen LogP contribution in [0.15, 0.2) is 47.4 Å². The van der Waals surface area contributed by atoms with E-state index in [4.69, 9.17) is 0 Å². The standard InChI is InChI=1S/C21H21F2N5O3S/c1-12-7-18(17(23)8-16(12)22)26-21(30)28-20-25-10-15(19(29)27-20)14-5-3-13(4-6-14)9-24-11-32(2)31/h3-8,10,24H,9,11H2,1-2H3,(H3,25,26,27,28,29,30). The highest BCUT2D eigenvalue weighted by molar-refractivity contribution is 7.90. The number of H-pyrrole nitrogens is 1. The smallest absolute Gasteiger partial charge is 0.326 e. The Morgan fingerprint density at radius 2 is 1.88 bits per heavy atom. The molecule has 4 N–H and O–H groups in total. The van der Waals surface area contributed by atoms with E-state index >= 15 is 0 Å². The van der Waals surface area contributed by atoms with Gasteiger partial charge in [-0.1, -0.05) is 24.3 Å². The van der Waals surface area contributed by atoms with E-state index < -0.39 is 34.4 Å². The van der Waals surface area contributed by atoms with Crippen molar-refractivity contribution in [1.29, 1.82) is 0 Å². The van der Waals surface area contributed by atoms with Crippen molar-refractivity contribution in [2.24, 2.45) is 0 Å². The molecule has 0 aliphatic rings. The zero-order valence-electron chi connectivity index (χ0n) is 17.3. The molecule has 8 nitrogen and oxygen atoms in total. The maximum Gasteiger partial charge on any atom is 0.326 e. The zero-order chi connectivity index (χ0) is 23.3. The summed E-state index contributed by atoms with van der Waals surface area (Å²) in [5.74, 6) is -1.40. The maximum atomic E-state index is 13.8. The summed E-state index contributed by atoms with van der Waals surface area (Å²) in [5, 5.41) is 7.60. The molecule has 0 spiro atoms. The van der Waals surface area contributed by atoms with Gasteiger partial charge in [-0.2, -0.15) is 4.98 Å². The van der Waals surface area contributed by atoms with Crippen LogP contribution in [0.1, 0.15) is 11.1 Å². The number of aromatic nitrogens is 2. The van der Waals surface area contributed by atoms with Gasteiger partial charge in [-0.05, 0) is 40.9 Å². The molecule has 0 saturated heterocycles. The fraction of sp³-hybridized carbons (Fsp3) is 0.190. The number of hydrogen-bond donors (Lipinski definition) is 4. The number of nitrogens with zero attached hydrogens (tertiary/aromatic N) is 1. The monoisotopic (exact) mass is 461 g/mol. The predicted molar refractivity (Wildman–Crippen MR) is 120 cm³/mol. The highest BCUT2D eigenvalue weighted by Crippen LogP contribution is 2.19. The summed E-state index contributed by atoms with van der Waals surface area (Å²) in [6.45, 7) is 1.98. The Bertz CT molecular complexity index is 1170. The number of anilines is 2. The minimum Gasteiger partial charge on any atom is -0.616 e. The van der Waals surface area contributed by atoms with E-state index in [2.05, 4.69) is 25.9 Å². The molecule has 1 atom stereocenters. The fourth-order valence-electron chi connectivity index (χ4n) is 2.82. The number of hydrogen-bond acceptors (Lipinski definition) is 5. The first-order chi connectivity index (χ1) is 15.2. The van der Waals surface area contributed by atoms with E-state index in [1.54, 1.807) is 18.4 Å². The molecule has 1 unspecified atom stereocenters. The van der Waals surface area contributed by atoms with Gasteiger partial charge in [-0.3, -0.25) is 15.4 Å². The summed E-state index contributed by atoms with van der Waals surface area (Å²) in [5.41, 5.74) is 1.27.